The Morgan fingerprint density at radius 2 is 1.90 bits per heavy atom. The molecule has 1 heterocycles. The summed E-state index contributed by atoms with van der Waals surface area (Å²) in [7, 11) is 0. The molecule has 0 bridgehead atoms. The van der Waals surface area contributed by atoms with Crippen LogP contribution in [-0.4, -0.2) is 32.1 Å². The minimum Gasteiger partial charge on any atom is -0.543 e. The van der Waals surface area contributed by atoms with Gasteiger partial charge in [-0.15, -0.1) is 0 Å². The summed E-state index contributed by atoms with van der Waals surface area (Å²) in [6.45, 7) is 1.85. The topological polar surface area (TPSA) is 164 Å². The molecule has 0 fully saturated rings. The smallest absolute Gasteiger partial charge is 0.543 e. The van der Waals surface area contributed by atoms with Crippen molar-refractivity contribution in [2.24, 2.45) is 0 Å². The number of carbonyl (C=O) groups excluding carboxylic acids is 1. The van der Waals surface area contributed by atoms with Crippen molar-refractivity contribution in [3.8, 4) is 0 Å². The molecule has 0 aliphatic heterocycles. The molecule has 0 unspecified atom stereocenters. The Bertz CT molecular complexity index is 605. The molecular weight excluding hydrogens is 283 g/mol. The second-order valence-corrected chi connectivity index (χ2v) is 3.58. The summed E-state index contributed by atoms with van der Waals surface area (Å²) in [5.41, 5.74) is -4.10. The average Bonchev–Trinajstić information content (AvgIpc) is 2.27. The van der Waals surface area contributed by atoms with Crippen molar-refractivity contribution in [2.75, 3.05) is 0 Å². The maximum absolute atomic E-state index is 11.7. The van der Waals surface area contributed by atoms with Crippen LogP contribution in [0.1, 0.15) is 40.6 Å². The zero-order chi connectivity index (χ0) is 13.9. The number of nitrogens with zero attached hydrogens (tertiary/aromatic N) is 1. The summed E-state index contributed by atoms with van der Waals surface area (Å²) < 4.78 is 0.666. The van der Waals surface area contributed by atoms with Gasteiger partial charge in [0, 0.05) is 6.54 Å². The van der Waals surface area contributed by atoms with E-state index in [1.165, 1.54) is 0 Å². The number of H-pyrrole nitrogens is 1. The largest absolute Gasteiger partial charge is 1.00 e. The van der Waals surface area contributed by atoms with Gasteiger partial charge >= 0.3 is 41.2 Å². The quantitative estimate of drug-likeness (QED) is 0.515. The molecule has 0 saturated carbocycles. The van der Waals surface area contributed by atoms with E-state index >= 15 is 0 Å². The Morgan fingerprint density at radius 3 is 2.30 bits per heavy atom. The zero-order valence-corrected chi connectivity index (χ0v) is 13.1. The van der Waals surface area contributed by atoms with Crippen molar-refractivity contribution in [1.29, 1.82) is 0 Å². The summed E-state index contributed by atoms with van der Waals surface area (Å²) in [5, 5.41) is 19.5. The van der Waals surface area contributed by atoms with Gasteiger partial charge in [-0.3, -0.25) is 9.36 Å². The molecule has 1 aromatic rings. The average molecular weight is 296 g/mol. The van der Waals surface area contributed by atoms with Crippen LogP contribution in [0.25, 0.3) is 0 Å². The molecule has 1 aromatic heterocycles. The molecular formula is C10H13N2NaO7. The summed E-state index contributed by atoms with van der Waals surface area (Å²) in [6.07, 6.45) is 1.18. The third-order valence-electron chi connectivity index (χ3n) is 2.34. The van der Waals surface area contributed by atoms with Gasteiger partial charge in [0.15, 0.2) is 5.56 Å². The summed E-state index contributed by atoms with van der Waals surface area (Å²) in [6, 6.07) is 0. The van der Waals surface area contributed by atoms with E-state index in [1.54, 1.807) is 0 Å². The number of rotatable bonds is 5. The molecule has 0 saturated heterocycles. The molecule has 0 radical (unpaired) electrons. The van der Waals surface area contributed by atoms with Gasteiger partial charge in [0.05, 0.1) is 11.7 Å². The molecule has 4 N–H and O–H groups in total. The van der Waals surface area contributed by atoms with Crippen LogP contribution >= 0.6 is 0 Å². The minimum atomic E-state index is -1.91. The van der Waals surface area contributed by atoms with Gasteiger partial charge in [0.25, 0.3) is 5.56 Å². The van der Waals surface area contributed by atoms with Crippen molar-refractivity contribution in [2.45, 2.75) is 26.3 Å². The molecule has 10 heteroatoms. The van der Waals surface area contributed by atoms with Crippen LogP contribution in [0.4, 0.5) is 0 Å². The van der Waals surface area contributed by atoms with E-state index in [4.69, 9.17) is 5.11 Å². The Kier molecular flexibility index (Phi) is 9.08. The first-order valence-corrected chi connectivity index (χ1v) is 5.21. The number of aromatic carboxylic acids is 2. The minimum absolute atomic E-state index is 0. The van der Waals surface area contributed by atoms with E-state index in [9.17, 15) is 24.3 Å². The van der Waals surface area contributed by atoms with Crippen LogP contribution in [0.15, 0.2) is 9.59 Å². The number of carbonyl (C=O) groups is 2. The summed E-state index contributed by atoms with van der Waals surface area (Å²) in [4.78, 5) is 46.6. The molecule has 0 atom stereocenters. The van der Waals surface area contributed by atoms with Gasteiger partial charge < -0.3 is 25.5 Å². The third kappa shape index (κ3) is 4.30. The zero-order valence-electron chi connectivity index (χ0n) is 11.1. The number of carboxylic acids is 2. The maximum atomic E-state index is 11.7. The number of aromatic nitrogens is 2. The van der Waals surface area contributed by atoms with Crippen LogP contribution in [0.2, 0.25) is 0 Å². The first-order valence-electron chi connectivity index (χ1n) is 5.21. The maximum Gasteiger partial charge on any atom is 1.00 e. The SMILES string of the molecule is CCCCn1c(=O)[nH]c(C(=O)[O-])c(C(=O)O)c1=O.O.[Na+]. The van der Waals surface area contributed by atoms with Crippen LogP contribution < -0.4 is 45.9 Å². The Labute approximate surface area is 134 Å². The Balaban J connectivity index is 0. The van der Waals surface area contributed by atoms with Gasteiger partial charge in [-0.05, 0) is 6.42 Å². The van der Waals surface area contributed by atoms with Crippen LogP contribution in [0, 0.1) is 0 Å². The molecule has 0 aliphatic carbocycles. The van der Waals surface area contributed by atoms with Crippen molar-refractivity contribution in [3.63, 3.8) is 0 Å². The second-order valence-electron chi connectivity index (χ2n) is 3.58. The molecule has 20 heavy (non-hydrogen) atoms. The van der Waals surface area contributed by atoms with Gasteiger partial charge in [0.2, 0.25) is 0 Å². The molecule has 0 spiro atoms. The molecule has 9 nitrogen and oxygen atoms in total. The fraction of sp³-hybridized carbons (Fsp3) is 0.400. The number of carboxylic acid groups (broad SMARTS) is 2. The molecule has 0 aliphatic rings. The van der Waals surface area contributed by atoms with Crippen LogP contribution in [-0.2, 0) is 6.54 Å². The van der Waals surface area contributed by atoms with Crippen LogP contribution in [0.3, 0.4) is 0 Å². The van der Waals surface area contributed by atoms with Crippen LogP contribution in [0.5, 0.6) is 0 Å². The summed E-state index contributed by atoms with van der Waals surface area (Å²) >= 11 is 0. The van der Waals surface area contributed by atoms with Gasteiger partial charge in [-0.2, -0.15) is 0 Å². The number of hydrogen-bond acceptors (Lipinski definition) is 5. The monoisotopic (exact) mass is 296 g/mol. The van der Waals surface area contributed by atoms with Crippen molar-refractivity contribution in [3.05, 3.63) is 32.1 Å². The van der Waals surface area contributed by atoms with Gasteiger partial charge in [-0.1, -0.05) is 13.3 Å². The Hall–Kier alpha value is -1.42. The van der Waals surface area contributed by atoms with E-state index in [2.05, 4.69) is 0 Å². The fourth-order valence-corrected chi connectivity index (χ4v) is 1.44. The third-order valence-corrected chi connectivity index (χ3v) is 2.34. The predicted octanol–water partition coefficient (Wildman–Crippen LogP) is -5.42. The van der Waals surface area contributed by atoms with E-state index < -0.39 is 34.4 Å². The number of aromatic amines is 1. The number of hydrogen-bond donors (Lipinski definition) is 2. The number of nitrogens with one attached hydrogen (secondary N) is 1. The van der Waals surface area contributed by atoms with Crippen molar-refractivity contribution in [1.82, 2.24) is 9.55 Å². The van der Waals surface area contributed by atoms with Gasteiger partial charge in [0.1, 0.15) is 0 Å². The first-order chi connectivity index (χ1) is 8.40. The van der Waals surface area contributed by atoms with Crippen molar-refractivity contribution >= 4 is 11.9 Å². The molecule has 1 rings (SSSR count). The van der Waals surface area contributed by atoms with Gasteiger partial charge in [-0.25, -0.2) is 9.59 Å². The second kappa shape index (κ2) is 8.69. The fourth-order valence-electron chi connectivity index (χ4n) is 1.44. The van der Waals surface area contributed by atoms with E-state index in [0.717, 1.165) is 0 Å². The summed E-state index contributed by atoms with van der Waals surface area (Å²) in [5.74, 6) is -3.63. The standard InChI is InChI=1S/C10H12N2O6.Na.H2O/c1-2-3-4-12-7(13)5(8(14)15)6(9(16)17)11-10(12)18;;/h2-4H2,1H3,(H,11,18)(H,14,15)(H,16,17);;1H2/q;+1;/p-1. The van der Waals surface area contributed by atoms with E-state index in [-0.39, 0.29) is 41.6 Å². The molecule has 0 amide bonds. The van der Waals surface area contributed by atoms with E-state index in [1.807, 2.05) is 11.9 Å². The molecule has 0 aromatic carbocycles. The predicted molar refractivity (Wildman–Crippen MR) is 61.1 cm³/mol. The van der Waals surface area contributed by atoms with Crippen molar-refractivity contribution < 1.29 is 54.8 Å². The Morgan fingerprint density at radius 1 is 1.35 bits per heavy atom. The molecule has 106 valence electrons. The normalized spacial score (nSPS) is 9.25. The number of unbranched alkanes of at least 4 members (excludes halogenated alkanes) is 1. The van der Waals surface area contributed by atoms with E-state index in [0.29, 0.717) is 17.4 Å². The first kappa shape index (κ1) is 20.9.